The lowest BCUT2D eigenvalue weighted by molar-refractivity contribution is -0.123. The zero-order valence-electron chi connectivity index (χ0n) is 15.0. The van der Waals surface area contributed by atoms with E-state index in [1.54, 1.807) is 0 Å². The summed E-state index contributed by atoms with van der Waals surface area (Å²) in [4.78, 5) is 15.8. The Bertz CT molecular complexity index is 557. The Morgan fingerprint density at radius 2 is 2.00 bits per heavy atom. The van der Waals surface area contributed by atoms with Gasteiger partial charge in [-0.15, -0.1) is 24.0 Å². The summed E-state index contributed by atoms with van der Waals surface area (Å²) in [5.41, 5.74) is 6.97. The summed E-state index contributed by atoms with van der Waals surface area (Å²) in [6.07, 6.45) is 3.02. The van der Waals surface area contributed by atoms with Gasteiger partial charge in [-0.05, 0) is 42.9 Å². The van der Waals surface area contributed by atoms with Crippen molar-refractivity contribution in [3.05, 3.63) is 29.8 Å². The maximum absolute atomic E-state index is 11.6. The van der Waals surface area contributed by atoms with Crippen molar-refractivity contribution in [1.82, 2.24) is 10.6 Å². The molecule has 7 heteroatoms. The van der Waals surface area contributed by atoms with Crippen LogP contribution in [-0.4, -0.2) is 37.6 Å². The highest BCUT2D eigenvalue weighted by atomic mass is 127. The summed E-state index contributed by atoms with van der Waals surface area (Å²) in [6.45, 7) is 5.75. The Kier molecular flexibility index (Phi) is 9.62. The van der Waals surface area contributed by atoms with Crippen LogP contribution in [0.1, 0.15) is 32.3 Å². The number of benzene rings is 1. The van der Waals surface area contributed by atoms with Gasteiger partial charge < -0.3 is 21.1 Å². The third kappa shape index (κ3) is 9.52. The number of aliphatic imine (C=N–C) groups is 1. The van der Waals surface area contributed by atoms with Gasteiger partial charge in [0.25, 0.3) is 5.91 Å². The topological polar surface area (TPSA) is 88.7 Å². The van der Waals surface area contributed by atoms with Crippen LogP contribution in [0.2, 0.25) is 0 Å². The summed E-state index contributed by atoms with van der Waals surface area (Å²) < 4.78 is 5.48. The summed E-state index contributed by atoms with van der Waals surface area (Å²) in [5, 5.41) is 6.00. The van der Waals surface area contributed by atoms with Crippen LogP contribution in [0.3, 0.4) is 0 Å². The van der Waals surface area contributed by atoms with Crippen LogP contribution in [0.4, 0.5) is 0 Å². The molecule has 1 saturated carbocycles. The normalized spacial score (nSPS) is 14.0. The fraction of sp³-hybridized carbons (Fsp3) is 0.556. The number of ether oxygens (including phenoxy) is 1. The minimum atomic E-state index is -0.0538. The Morgan fingerprint density at radius 3 is 2.60 bits per heavy atom. The van der Waals surface area contributed by atoms with Crippen molar-refractivity contribution in [2.75, 3.05) is 19.7 Å². The molecule has 1 aromatic carbocycles. The molecule has 0 bridgehead atoms. The van der Waals surface area contributed by atoms with Gasteiger partial charge in [0.2, 0.25) is 0 Å². The van der Waals surface area contributed by atoms with Crippen LogP contribution in [0.15, 0.2) is 29.3 Å². The van der Waals surface area contributed by atoms with E-state index in [1.165, 1.54) is 5.56 Å². The molecule has 1 fully saturated rings. The highest BCUT2D eigenvalue weighted by Crippen LogP contribution is 2.18. The molecule has 0 aliphatic heterocycles. The van der Waals surface area contributed by atoms with E-state index >= 15 is 0 Å². The molecule has 1 aromatic rings. The average Bonchev–Trinajstić information content (AvgIpc) is 3.36. The molecule has 0 atom stereocenters. The minimum absolute atomic E-state index is 0. The molecule has 4 N–H and O–H groups in total. The van der Waals surface area contributed by atoms with E-state index in [0.29, 0.717) is 23.7 Å². The molecule has 1 aliphatic rings. The number of nitrogens with zero attached hydrogens (tertiary/aromatic N) is 1. The average molecular weight is 460 g/mol. The summed E-state index contributed by atoms with van der Waals surface area (Å²) in [7, 11) is 0. The van der Waals surface area contributed by atoms with E-state index in [-0.39, 0.29) is 36.5 Å². The van der Waals surface area contributed by atoms with Gasteiger partial charge in [0, 0.05) is 19.1 Å². The predicted molar refractivity (Wildman–Crippen MR) is 112 cm³/mol. The van der Waals surface area contributed by atoms with Crippen molar-refractivity contribution in [3.8, 4) is 5.75 Å². The van der Waals surface area contributed by atoms with Gasteiger partial charge >= 0.3 is 0 Å². The molecule has 0 saturated heterocycles. The zero-order chi connectivity index (χ0) is 17.4. The van der Waals surface area contributed by atoms with E-state index in [4.69, 9.17) is 10.5 Å². The van der Waals surface area contributed by atoms with Crippen molar-refractivity contribution in [2.24, 2.45) is 16.6 Å². The van der Waals surface area contributed by atoms with Gasteiger partial charge in [0.05, 0.1) is 0 Å². The maximum Gasteiger partial charge on any atom is 0.258 e. The molecule has 1 amide bonds. The van der Waals surface area contributed by atoms with Crippen molar-refractivity contribution in [3.63, 3.8) is 0 Å². The number of halogens is 1. The second-order valence-electron chi connectivity index (χ2n) is 6.57. The number of guanidine groups is 1. The highest BCUT2D eigenvalue weighted by molar-refractivity contribution is 14.0. The number of amides is 1. The quantitative estimate of drug-likeness (QED) is 0.299. The SMILES string of the molecule is CC(C)CN=C(N)NCCc1ccc(OCC(=O)NC2CC2)cc1.I. The van der Waals surface area contributed by atoms with E-state index < -0.39 is 0 Å². The van der Waals surface area contributed by atoms with E-state index in [2.05, 4.69) is 29.5 Å². The summed E-state index contributed by atoms with van der Waals surface area (Å²) in [5.74, 6) is 1.65. The van der Waals surface area contributed by atoms with E-state index in [1.807, 2.05) is 24.3 Å². The van der Waals surface area contributed by atoms with Crippen molar-refractivity contribution in [2.45, 2.75) is 39.2 Å². The molecule has 1 aliphatic carbocycles. The number of nitrogens with two attached hydrogens (primary N) is 1. The van der Waals surface area contributed by atoms with Crippen molar-refractivity contribution >= 4 is 35.8 Å². The standard InChI is InChI=1S/C18H28N4O2.HI/c1-13(2)11-21-18(19)20-10-9-14-3-7-16(8-4-14)24-12-17(23)22-15-5-6-15;/h3-4,7-8,13,15H,5-6,9-12H2,1-2H3,(H,22,23)(H3,19,20,21);1H. The maximum atomic E-state index is 11.6. The number of rotatable bonds is 9. The van der Waals surface area contributed by atoms with Gasteiger partial charge in [0.1, 0.15) is 5.75 Å². The lowest BCUT2D eigenvalue weighted by Gasteiger charge is -2.09. The fourth-order valence-corrected chi connectivity index (χ4v) is 2.07. The number of hydrogen-bond donors (Lipinski definition) is 3. The number of hydrogen-bond acceptors (Lipinski definition) is 3. The van der Waals surface area contributed by atoms with Crippen LogP contribution in [0.25, 0.3) is 0 Å². The molecule has 0 aromatic heterocycles. The van der Waals surface area contributed by atoms with E-state index in [9.17, 15) is 4.79 Å². The third-order valence-corrected chi connectivity index (χ3v) is 3.58. The van der Waals surface area contributed by atoms with Gasteiger partial charge in [-0.2, -0.15) is 0 Å². The molecule has 0 unspecified atom stereocenters. The molecule has 25 heavy (non-hydrogen) atoms. The lowest BCUT2D eigenvalue weighted by Crippen LogP contribution is -2.33. The molecular formula is C18H29IN4O2. The highest BCUT2D eigenvalue weighted by Gasteiger charge is 2.23. The Balaban J connectivity index is 0.00000312. The van der Waals surface area contributed by atoms with Crippen LogP contribution >= 0.6 is 24.0 Å². The third-order valence-electron chi connectivity index (χ3n) is 3.58. The second kappa shape index (κ2) is 11.2. The summed E-state index contributed by atoms with van der Waals surface area (Å²) >= 11 is 0. The zero-order valence-corrected chi connectivity index (χ0v) is 17.3. The first-order chi connectivity index (χ1) is 11.5. The molecule has 0 heterocycles. The Hall–Kier alpha value is -1.51. The van der Waals surface area contributed by atoms with Gasteiger partial charge in [-0.1, -0.05) is 26.0 Å². The summed E-state index contributed by atoms with van der Waals surface area (Å²) in [6, 6.07) is 8.13. The number of carbonyl (C=O) groups is 1. The van der Waals surface area contributed by atoms with Crippen molar-refractivity contribution in [1.29, 1.82) is 0 Å². The first-order valence-corrected chi connectivity index (χ1v) is 8.58. The Labute approximate surface area is 167 Å². The molecular weight excluding hydrogens is 431 g/mol. The molecule has 0 radical (unpaired) electrons. The molecule has 2 rings (SSSR count). The predicted octanol–water partition coefficient (Wildman–Crippen LogP) is 2.06. The Morgan fingerprint density at radius 1 is 1.32 bits per heavy atom. The fourth-order valence-electron chi connectivity index (χ4n) is 2.07. The first kappa shape index (κ1) is 21.5. The number of carbonyl (C=O) groups excluding carboxylic acids is 1. The molecule has 140 valence electrons. The van der Waals surface area contributed by atoms with Gasteiger partial charge in [-0.25, -0.2) is 0 Å². The largest absolute Gasteiger partial charge is 0.484 e. The minimum Gasteiger partial charge on any atom is -0.484 e. The lowest BCUT2D eigenvalue weighted by atomic mass is 10.1. The first-order valence-electron chi connectivity index (χ1n) is 8.58. The van der Waals surface area contributed by atoms with Gasteiger partial charge in [0.15, 0.2) is 12.6 Å². The molecule has 6 nitrogen and oxygen atoms in total. The molecule has 0 spiro atoms. The van der Waals surface area contributed by atoms with Crippen LogP contribution in [0, 0.1) is 5.92 Å². The van der Waals surface area contributed by atoms with Gasteiger partial charge in [-0.3, -0.25) is 9.79 Å². The van der Waals surface area contributed by atoms with E-state index in [0.717, 1.165) is 32.4 Å². The monoisotopic (exact) mass is 460 g/mol. The second-order valence-corrected chi connectivity index (χ2v) is 6.57. The van der Waals surface area contributed by atoms with Crippen LogP contribution < -0.4 is 21.1 Å². The van der Waals surface area contributed by atoms with Crippen molar-refractivity contribution < 1.29 is 9.53 Å². The van der Waals surface area contributed by atoms with Crippen LogP contribution in [-0.2, 0) is 11.2 Å². The smallest absolute Gasteiger partial charge is 0.258 e. The van der Waals surface area contributed by atoms with Crippen LogP contribution in [0.5, 0.6) is 5.75 Å². The number of nitrogens with one attached hydrogen (secondary N) is 2.